The van der Waals surface area contributed by atoms with Crippen LogP contribution in [0.1, 0.15) is 11.1 Å². The van der Waals surface area contributed by atoms with Crippen LogP contribution in [0.4, 0.5) is 0 Å². The van der Waals surface area contributed by atoms with Gasteiger partial charge in [0.05, 0.1) is 25.2 Å². The van der Waals surface area contributed by atoms with Crippen molar-refractivity contribution in [1.29, 1.82) is 0 Å². The van der Waals surface area contributed by atoms with Crippen LogP contribution in [0.3, 0.4) is 0 Å². The SMILES string of the molecule is COc1ccc(-c2oc3ccc(C)cc3c(=O)c2O)c(OCc2ccccc2)c1OC. The van der Waals surface area contributed by atoms with Crippen LogP contribution in [0.2, 0.25) is 0 Å². The molecule has 0 radical (unpaired) electrons. The third-order valence-electron chi connectivity index (χ3n) is 4.99. The Hall–Kier alpha value is -3.93. The van der Waals surface area contributed by atoms with E-state index in [1.54, 1.807) is 24.3 Å². The molecule has 4 rings (SSSR count). The monoisotopic (exact) mass is 418 g/mol. The van der Waals surface area contributed by atoms with Crippen LogP contribution >= 0.6 is 0 Å². The summed E-state index contributed by atoms with van der Waals surface area (Å²) < 4.78 is 23.0. The van der Waals surface area contributed by atoms with Crippen molar-refractivity contribution < 1.29 is 23.7 Å². The Morgan fingerprint density at radius 1 is 0.935 bits per heavy atom. The molecule has 158 valence electrons. The Morgan fingerprint density at radius 2 is 1.71 bits per heavy atom. The van der Waals surface area contributed by atoms with E-state index in [2.05, 4.69) is 0 Å². The van der Waals surface area contributed by atoms with Crippen molar-refractivity contribution in [3.63, 3.8) is 0 Å². The third kappa shape index (κ3) is 3.80. The molecule has 0 amide bonds. The fourth-order valence-corrected chi connectivity index (χ4v) is 3.43. The van der Waals surface area contributed by atoms with Crippen LogP contribution in [0.5, 0.6) is 23.0 Å². The molecule has 0 aliphatic heterocycles. The van der Waals surface area contributed by atoms with Gasteiger partial charge in [-0.1, -0.05) is 42.0 Å². The van der Waals surface area contributed by atoms with E-state index in [1.165, 1.54) is 14.2 Å². The predicted octanol–water partition coefficient (Wildman–Crippen LogP) is 5.07. The summed E-state index contributed by atoms with van der Waals surface area (Å²) >= 11 is 0. The highest BCUT2D eigenvalue weighted by atomic mass is 16.5. The van der Waals surface area contributed by atoms with Gasteiger partial charge in [0, 0.05) is 0 Å². The van der Waals surface area contributed by atoms with Crippen molar-refractivity contribution in [3.05, 3.63) is 82.0 Å². The minimum Gasteiger partial charge on any atom is -0.502 e. The van der Waals surface area contributed by atoms with E-state index in [0.717, 1.165) is 11.1 Å². The number of aromatic hydroxyl groups is 1. The number of hydrogen-bond acceptors (Lipinski definition) is 6. The molecule has 0 fully saturated rings. The highest BCUT2D eigenvalue weighted by molar-refractivity contribution is 5.84. The van der Waals surface area contributed by atoms with Crippen molar-refractivity contribution in [1.82, 2.24) is 0 Å². The van der Waals surface area contributed by atoms with Gasteiger partial charge in [-0.05, 0) is 36.8 Å². The fraction of sp³-hybridized carbons (Fsp3) is 0.160. The first-order valence-corrected chi connectivity index (χ1v) is 9.72. The molecule has 1 N–H and O–H groups in total. The van der Waals surface area contributed by atoms with E-state index in [-0.39, 0.29) is 12.4 Å². The summed E-state index contributed by atoms with van der Waals surface area (Å²) in [5.74, 6) is 0.602. The van der Waals surface area contributed by atoms with Crippen molar-refractivity contribution in [3.8, 4) is 34.3 Å². The Balaban J connectivity index is 1.91. The summed E-state index contributed by atoms with van der Waals surface area (Å²) in [6, 6.07) is 18.2. The molecule has 0 aliphatic rings. The molecular weight excluding hydrogens is 396 g/mol. The predicted molar refractivity (Wildman–Crippen MR) is 118 cm³/mol. The van der Waals surface area contributed by atoms with Gasteiger partial charge in [0.25, 0.3) is 0 Å². The summed E-state index contributed by atoms with van der Waals surface area (Å²) in [5.41, 5.74) is 2.07. The lowest BCUT2D eigenvalue weighted by Gasteiger charge is -2.18. The lowest BCUT2D eigenvalue weighted by atomic mass is 10.1. The molecule has 0 unspecified atom stereocenters. The van der Waals surface area contributed by atoms with E-state index in [0.29, 0.717) is 33.8 Å². The molecule has 1 heterocycles. The topological polar surface area (TPSA) is 78.1 Å². The molecular formula is C25H22O6. The number of ether oxygens (including phenoxy) is 3. The molecule has 0 saturated heterocycles. The van der Waals surface area contributed by atoms with Gasteiger partial charge >= 0.3 is 0 Å². The molecule has 0 saturated carbocycles. The molecule has 31 heavy (non-hydrogen) atoms. The molecule has 0 bridgehead atoms. The first kappa shape index (κ1) is 20.3. The van der Waals surface area contributed by atoms with Gasteiger partial charge in [0.1, 0.15) is 12.2 Å². The number of fused-ring (bicyclic) bond motifs is 1. The van der Waals surface area contributed by atoms with Crippen LogP contribution in [-0.4, -0.2) is 19.3 Å². The second-order valence-electron chi connectivity index (χ2n) is 7.06. The highest BCUT2D eigenvalue weighted by Gasteiger charge is 2.24. The van der Waals surface area contributed by atoms with Crippen LogP contribution in [0.25, 0.3) is 22.3 Å². The Kier molecular flexibility index (Phi) is 5.54. The summed E-state index contributed by atoms with van der Waals surface area (Å²) in [4.78, 5) is 12.8. The molecule has 0 spiro atoms. The van der Waals surface area contributed by atoms with E-state index >= 15 is 0 Å². The molecule has 0 atom stereocenters. The molecule has 0 aliphatic carbocycles. The molecule has 1 aromatic heterocycles. The summed E-state index contributed by atoms with van der Waals surface area (Å²) in [7, 11) is 3.02. The van der Waals surface area contributed by atoms with Crippen molar-refractivity contribution in [2.24, 2.45) is 0 Å². The van der Waals surface area contributed by atoms with Gasteiger partial charge in [0.15, 0.2) is 17.3 Å². The maximum absolute atomic E-state index is 12.8. The normalized spacial score (nSPS) is 10.8. The maximum Gasteiger partial charge on any atom is 0.235 e. The standard InChI is InChI=1S/C25H22O6/c1-15-9-11-19-18(13-15)21(26)22(27)23(31-19)17-10-12-20(28-2)25(29-3)24(17)30-14-16-7-5-4-6-8-16/h4-13,27H,14H2,1-3H3. The average molecular weight is 418 g/mol. The van der Waals surface area contributed by atoms with Crippen LogP contribution in [0, 0.1) is 6.92 Å². The van der Waals surface area contributed by atoms with Crippen LogP contribution in [0.15, 0.2) is 69.9 Å². The Morgan fingerprint density at radius 3 is 2.42 bits per heavy atom. The summed E-state index contributed by atoms with van der Waals surface area (Å²) in [6.45, 7) is 2.11. The van der Waals surface area contributed by atoms with E-state index < -0.39 is 11.2 Å². The van der Waals surface area contributed by atoms with Crippen LogP contribution in [-0.2, 0) is 6.61 Å². The van der Waals surface area contributed by atoms with Crippen molar-refractivity contribution in [2.45, 2.75) is 13.5 Å². The molecule has 4 aromatic rings. The smallest absolute Gasteiger partial charge is 0.235 e. The number of methoxy groups -OCH3 is 2. The average Bonchev–Trinajstić information content (AvgIpc) is 2.80. The second kappa shape index (κ2) is 8.44. The second-order valence-corrected chi connectivity index (χ2v) is 7.06. The number of aryl methyl sites for hydroxylation is 1. The minimum atomic E-state index is -0.510. The quantitative estimate of drug-likeness (QED) is 0.471. The highest BCUT2D eigenvalue weighted by Crippen LogP contribution is 2.46. The zero-order chi connectivity index (χ0) is 22.0. The van der Waals surface area contributed by atoms with E-state index in [1.807, 2.05) is 43.3 Å². The largest absolute Gasteiger partial charge is 0.502 e. The number of rotatable bonds is 6. The zero-order valence-corrected chi connectivity index (χ0v) is 17.5. The van der Waals surface area contributed by atoms with Gasteiger partial charge in [0.2, 0.25) is 16.9 Å². The minimum absolute atomic E-state index is 0.00497. The first-order valence-electron chi connectivity index (χ1n) is 9.72. The fourth-order valence-electron chi connectivity index (χ4n) is 3.43. The lowest BCUT2D eigenvalue weighted by molar-refractivity contribution is 0.276. The summed E-state index contributed by atoms with van der Waals surface area (Å²) in [5, 5.41) is 11.0. The van der Waals surface area contributed by atoms with Crippen molar-refractivity contribution >= 4 is 11.0 Å². The first-order chi connectivity index (χ1) is 15.0. The Bertz CT molecular complexity index is 1290. The third-order valence-corrected chi connectivity index (χ3v) is 4.99. The molecule has 3 aromatic carbocycles. The number of benzene rings is 3. The number of hydrogen-bond donors (Lipinski definition) is 1. The molecule has 6 heteroatoms. The van der Waals surface area contributed by atoms with Gasteiger partial charge in [-0.25, -0.2) is 0 Å². The lowest BCUT2D eigenvalue weighted by Crippen LogP contribution is -2.05. The summed E-state index contributed by atoms with van der Waals surface area (Å²) in [6.07, 6.45) is 0. The van der Waals surface area contributed by atoms with Crippen LogP contribution < -0.4 is 19.6 Å². The van der Waals surface area contributed by atoms with E-state index in [4.69, 9.17) is 18.6 Å². The van der Waals surface area contributed by atoms with Gasteiger partial charge in [-0.3, -0.25) is 4.79 Å². The zero-order valence-electron chi connectivity index (χ0n) is 17.5. The van der Waals surface area contributed by atoms with Gasteiger partial charge in [-0.15, -0.1) is 0 Å². The Labute approximate surface area is 179 Å². The van der Waals surface area contributed by atoms with Gasteiger partial charge in [-0.2, -0.15) is 0 Å². The molecule has 6 nitrogen and oxygen atoms in total. The maximum atomic E-state index is 12.8. The van der Waals surface area contributed by atoms with E-state index in [9.17, 15) is 9.90 Å². The van der Waals surface area contributed by atoms with Gasteiger partial charge < -0.3 is 23.7 Å². The van der Waals surface area contributed by atoms with Crippen molar-refractivity contribution in [2.75, 3.05) is 14.2 Å².